The van der Waals surface area contributed by atoms with E-state index in [0.717, 1.165) is 22.3 Å². The summed E-state index contributed by atoms with van der Waals surface area (Å²) in [7, 11) is 1.30. The molecule has 2 heterocycles. The van der Waals surface area contributed by atoms with Crippen molar-refractivity contribution in [3.63, 3.8) is 0 Å². The summed E-state index contributed by atoms with van der Waals surface area (Å²) in [4.78, 5) is 40.4. The number of piperidine rings is 1. The number of nitrogens with zero attached hydrogens (tertiary/aromatic N) is 1. The molecule has 3 amide bonds. The highest BCUT2D eigenvalue weighted by molar-refractivity contribution is 6.31. The Balaban J connectivity index is 1.33. The number of halogens is 2. The third-order valence-corrected chi connectivity index (χ3v) is 8.48. The zero-order chi connectivity index (χ0) is 29.4. The lowest BCUT2D eigenvalue weighted by molar-refractivity contribution is -0.142. The summed E-state index contributed by atoms with van der Waals surface area (Å²) < 4.78 is 25.9. The van der Waals surface area contributed by atoms with Gasteiger partial charge in [0.2, 0.25) is 5.91 Å². The van der Waals surface area contributed by atoms with Gasteiger partial charge in [-0.2, -0.15) is 0 Å². The molecule has 2 atom stereocenters. The molecule has 0 bridgehead atoms. The number of nitrogens with one attached hydrogen (secondary N) is 2. The molecular weight excluding hydrogens is 561 g/mol. The zero-order valence-corrected chi connectivity index (χ0v) is 23.7. The number of amides is 3. The molecule has 2 aliphatic heterocycles. The minimum absolute atomic E-state index is 0.0161. The molecule has 0 radical (unpaired) electrons. The first kappa shape index (κ1) is 27.8. The van der Waals surface area contributed by atoms with E-state index in [1.165, 1.54) is 13.2 Å². The molecule has 0 saturated carbocycles. The fourth-order valence-electron chi connectivity index (χ4n) is 6.24. The van der Waals surface area contributed by atoms with Crippen LogP contribution in [0.3, 0.4) is 0 Å². The fraction of sp³-hybridized carbons (Fsp3) is 0.281. The van der Waals surface area contributed by atoms with Gasteiger partial charge in [0, 0.05) is 12.2 Å². The lowest BCUT2D eigenvalue weighted by atomic mass is 9.81. The summed E-state index contributed by atoms with van der Waals surface area (Å²) in [5.41, 5.74) is 3.61. The van der Waals surface area contributed by atoms with Crippen molar-refractivity contribution in [1.29, 1.82) is 0 Å². The molecule has 1 spiro atoms. The third kappa shape index (κ3) is 5.20. The molecule has 2 N–H and O–H groups in total. The van der Waals surface area contributed by atoms with E-state index in [1.807, 2.05) is 48.5 Å². The molecule has 0 aromatic heterocycles. The molecule has 1 aliphatic carbocycles. The Hall–Kier alpha value is -4.37. The van der Waals surface area contributed by atoms with Crippen LogP contribution < -0.4 is 10.6 Å². The molecule has 3 aromatic rings. The van der Waals surface area contributed by atoms with E-state index in [9.17, 15) is 14.4 Å². The molecule has 1 fully saturated rings. The summed E-state index contributed by atoms with van der Waals surface area (Å²) in [6.45, 7) is 0.462. The van der Waals surface area contributed by atoms with Crippen LogP contribution in [0.1, 0.15) is 35.1 Å². The van der Waals surface area contributed by atoms with Crippen LogP contribution >= 0.6 is 11.6 Å². The molecule has 1 saturated heterocycles. The average Bonchev–Trinajstić information content (AvgIpc) is 3.41. The van der Waals surface area contributed by atoms with Crippen LogP contribution in [-0.2, 0) is 32.7 Å². The van der Waals surface area contributed by atoms with Gasteiger partial charge in [-0.05, 0) is 66.6 Å². The lowest BCUT2D eigenvalue weighted by Gasteiger charge is -2.45. The van der Waals surface area contributed by atoms with Crippen LogP contribution in [0, 0.1) is 11.7 Å². The Labute approximate surface area is 247 Å². The van der Waals surface area contributed by atoms with Crippen molar-refractivity contribution in [2.24, 2.45) is 5.92 Å². The van der Waals surface area contributed by atoms with Gasteiger partial charge in [-0.15, -0.1) is 0 Å². The molecule has 42 heavy (non-hydrogen) atoms. The SMILES string of the molecule is COC(=O)Nc1ccc2c(c1)C=C(C(Cc1ccccc1)C(=O)N1CCC[C@@]3(C1)OC(=O)Nc1ccc(Cl)c(F)c13)C2. The van der Waals surface area contributed by atoms with Crippen molar-refractivity contribution in [3.05, 3.63) is 99.3 Å². The normalized spacial score (nSPS) is 19.6. The Kier molecular flexibility index (Phi) is 7.36. The number of hydrogen-bond donors (Lipinski definition) is 2. The summed E-state index contributed by atoms with van der Waals surface area (Å²) >= 11 is 6.14. The number of anilines is 2. The number of ether oxygens (including phenoxy) is 2. The highest BCUT2D eigenvalue weighted by Crippen LogP contribution is 2.46. The van der Waals surface area contributed by atoms with Crippen LogP contribution in [0.15, 0.2) is 66.2 Å². The van der Waals surface area contributed by atoms with Crippen LogP contribution in [0.4, 0.5) is 25.4 Å². The summed E-state index contributed by atoms with van der Waals surface area (Å²) in [5.74, 6) is -1.29. The van der Waals surface area contributed by atoms with Gasteiger partial charge < -0.3 is 14.4 Å². The predicted molar refractivity (Wildman–Crippen MR) is 157 cm³/mol. The van der Waals surface area contributed by atoms with Gasteiger partial charge in [0.05, 0.1) is 35.8 Å². The molecular formula is C32H29ClFN3O5. The fourth-order valence-corrected chi connectivity index (χ4v) is 6.40. The highest BCUT2D eigenvalue weighted by atomic mass is 35.5. The molecule has 1 unspecified atom stereocenters. The molecule has 3 aromatic carbocycles. The third-order valence-electron chi connectivity index (χ3n) is 8.18. The maximum Gasteiger partial charge on any atom is 0.412 e. The van der Waals surface area contributed by atoms with Gasteiger partial charge in [0.15, 0.2) is 11.4 Å². The van der Waals surface area contributed by atoms with E-state index in [1.54, 1.807) is 17.0 Å². The molecule has 3 aliphatic rings. The minimum Gasteiger partial charge on any atom is -0.453 e. The van der Waals surface area contributed by atoms with Gasteiger partial charge in [-0.3, -0.25) is 15.4 Å². The maximum absolute atomic E-state index is 15.4. The van der Waals surface area contributed by atoms with Gasteiger partial charge in [-0.1, -0.05) is 59.6 Å². The first-order valence-electron chi connectivity index (χ1n) is 13.8. The Morgan fingerprint density at radius 2 is 2.00 bits per heavy atom. The van der Waals surface area contributed by atoms with E-state index in [0.29, 0.717) is 43.6 Å². The lowest BCUT2D eigenvalue weighted by Crippen LogP contribution is -2.54. The summed E-state index contributed by atoms with van der Waals surface area (Å²) in [5, 5.41) is 5.17. The van der Waals surface area contributed by atoms with Gasteiger partial charge in [0.1, 0.15) is 0 Å². The van der Waals surface area contributed by atoms with Crippen LogP contribution in [0.2, 0.25) is 5.02 Å². The quantitative estimate of drug-likeness (QED) is 0.352. The smallest absolute Gasteiger partial charge is 0.412 e. The average molecular weight is 590 g/mol. The van der Waals surface area contributed by atoms with Crippen molar-refractivity contribution >= 4 is 47.1 Å². The topological polar surface area (TPSA) is 97.0 Å². The van der Waals surface area contributed by atoms with Crippen LogP contribution in [0.25, 0.3) is 6.08 Å². The van der Waals surface area contributed by atoms with E-state index < -0.39 is 29.5 Å². The van der Waals surface area contributed by atoms with Crippen molar-refractivity contribution in [2.75, 3.05) is 30.8 Å². The predicted octanol–water partition coefficient (Wildman–Crippen LogP) is 6.54. The van der Waals surface area contributed by atoms with Crippen molar-refractivity contribution in [2.45, 2.75) is 31.3 Å². The maximum atomic E-state index is 15.4. The summed E-state index contributed by atoms with van der Waals surface area (Å²) in [6.07, 6.45) is 2.67. The molecule has 10 heteroatoms. The van der Waals surface area contributed by atoms with E-state index in [4.69, 9.17) is 21.1 Å². The number of fused-ring (bicyclic) bond motifs is 3. The number of rotatable bonds is 5. The first-order valence-corrected chi connectivity index (χ1v) is 14.1. The largest absolute Gasteiger partial charge is 0.453 e. The Morgan fingerprint density at radius 1 is 1.19 bits per heavy atom. The monoisotopic (exact) mass is 589 g/mol. The van der Waals surface area contributed by atoms with Crippen LogP contribution in [0.5, 0.6) is 0 Å². The number of carbonyl (C=O) groups is 3. The highest BCUT2D eigenvalue weighted by Gasteiger charge is 2.49. The minimum atomic E-state index is -1.35. The van der Waals surface area contributed by atoms with Crippen molar-refractivity contribution in [1.82, 2.24) is 4.90 Å². The number of likely N-dealkylation sites (tertiary alicyclic amines) is 1. The van der Waals surface area contributed by atoms with Crippen LogP contribution in [-0.4, -0.2) is 43.2 Å². The van der Waals surface area contributed by atoms with Gasteiger partial charge >= 0.3 is 12.2 Å². The number of benzene rings is 3. The molecule has 8 nitrogen and oxygen atoms in total. The second kappa shape index (κ2) is 11.1. The number of hydrogen-bond acceptors (Lipinski definition) is 5. The molecule has 6 rings (SSSR count). The standard InChI is InChI=1S/C32H29ClFN3O5/c1-41-30(39)35-23-9-8-20-15-22(16-21(20)17-23)24(14-19-6-3-2-4-7-19)29(38)37-13-5-12-32(18-37)27-26(36-31(40)42-32)11-10-25(33)28(27)34/h2-4,6-11,16-17,24H,5,12-15,18H2,1H3,(H,35,39)(H,36,40)/t24?,32-/m0/s1. The van der Waals surface area contributed by atoms with E-state index in [2.05, 4.69) is 10.6 Å². The first-order chi connectivity index (χ1) is 20.3. The summed E-state index contributed by atoms with van der Waals surface area (Å²) in [6, 6.07) is 18.3. The van der Waals surface area contributed by atoms with Crippen molar-refractivity contribution in [3.8, 4) is 0 Å². The number of methoxy groups -OCH3 is 1. The number of carbonyl (C=O) groups excluding carboxylic acids is 3. The second-order valence-corrected chi connectivity index (χ2v) is 11.2. The second-order valence-electron chi connectivity index (χ2n) is 10.8. The Bertz CT molecular complexity index is 1610. The van der Waals surface area contributed by atoms with E-state index in [-0.39, 0.29) is 23.0 Å². The van der Waals surface area contributed by atoms with Gasteiger partial charge in [-0.25, -0.2) is 14.0 Å². The Morgan fingerprint density at radius 3 is 2.79 bits per heavy atom. The van der Waals surface area contributed by atoms with Gasteiger partial charge in [0.25, 0.3) is 0 Å². The zero-order valence-electron chi connectivity index (χ0n) is 22.9. The van der Waals surface area contributed by atoms with Crippen molar-refractivity contribution < 1.29 is 28.2 Å². The van der Waals surface area contributed by atoms with E-state index >= 15 is 4.39 Å². The molecule has 216 valence electrons.